The van der Waals surface area contributed by atoms with E-state index in [4.69, 9.17) is 0 Å². The van der Waals surface area contributed by atoms with Gasteiger partial charge in [-0.1, -0.05) is 37.3 Å². The lowest BCUT2D eigenvalue weighted by Crippen LogP contribution is -2.33. The molecule has 0 aliphatic carbocycles. The maximum Gasteiger partial charge on any atom is 0.235 e. The van der Waals surface area contributed by atoms with Crippen molar-refractivity contribution in [2.24, 2.45) is 0 Å². The van der Waals surface area contributed by atoms with Crippen molar-refractivity contribution < 1.29 is 4.79 Å². The molecule has 3 heteroatoms. The predicted molar refractivity (Wildman–Crippen MR) is 59.4 cm³/mol. The minimum atomic E-state index is 0.0975. The molecule has 1 amide bonds. The Morgan fingerprint density at radius 2 is 2.13 bits per heavy atom. The zero-order chi connectivity index (χ0) is 10.7. The molecule has 1 saturated heterocycles. The summed E-state index contributed by atoms with van der Waals surface area (Å²) in [4.78, 5) is 11.0. The van der Waals surface area contributed by atoms with Crippen LogP contribution < -0.4 is 10.6 Å². The van der Waals surface area contributed by atoms with Gasteiger partial charge in [-0.3, -0.25) is 10.1 Å². The number of carbonyl (C=O) groups excluding carboxylic acids is 1. The molecule has 1 aromatic rings. The van der Waals surface area contributed by atoms with Crippen LogP contribution in [0.3, 0.4) is 0 Å². The van der Waals surface area contributed by atoms with Gasteiger partial charge < -0.3 is 5.32 Å². The van der Waals surface area contributed by atoms with Crippen LogP contribution >= 0.6 is 0 Å². The van der Waals surface area contributed by atoms with Crippen LogP contribution in [0.4, 0.5) is 0 Å². The fourth-order valence-electron chi connectivity index (χ4n) is 1.93. The quantitative estimate of drug-likeness (QED) is 0.777. The van der Waals surface area contributed by atoms with E-state index < -0.39 is 0 Å². The van der Waals surface area contributed by atoms with Gasteiger partial charge >= 0.3 is 0 Å². The number of benzene rings is 1. The van der Waals surface area contributed by atoms with E-state index in [0.717, 1.165) is 6.42 Å². The van der Waals surface area contributed by atoms with E-state index in [2.05, 4.69) is 29.7 Å². The van der Waals surface area contributed by atoms with Gasteiger partial charge in [0.2, 0.25) is 5.91 Å². The Kier molecular flexibility index (Phi) is 3.02. The average molecular weight is 204 g/mol. The van der Waals surface area contributed by atoms with E-state index >= 15 is 0 Å². The molecule has 2 N–H and O–H groups in total. The van der Waals surface area contributed by atoms with E-state index in [0.29, 0.717) is 12.5 Å². The first-order chi connectivity index (χ1) is 7.25. The number of carbonyl (C=O) groups is 1. The standard InChI is InChI=1S/C12H16N2O/c1-9(10-5-3-2-4-6-10)7-11-13-8-12(15)14-11/h2-6,9,11,13H,7-8H2,1H3,(H,14,15)/t9-,11+/m0/s1. The van der Waals surface area contributed by atoms with E-state index in [9.17, 15) is 4.79 Å². The summed E-state index contributed by atoms with van der Waals surface area (Å²) in [6.07, 6.45) is 1.07. The predicted octanol–water partition coefficient (Wildman–Crippen LogP) is 1.23. The van der Waals surface area contributed by atoms with Gasteiger partial charge in [-0.15, -0.1) is 0 Å². The second-order valence-electron chi connectivity index (χ2n) is 4.05. The molecule has 1 aliphatic rings. The summed E-state index contributed by atoms with van der Waals surface area (Å²) < 4.78 is 0. The summed E-state index contributed by atoms with van der Waals surface area (Å²) in [5, 5.41) is 6.05. The maximum atomic E-state index is 11.0. The highest BCUT2D eigenvalue weighted by molar-refractivity contribution is 5.80. The van der Waals surface area contributed by atoms with Crippen LogP contribution in [0, 0.1) is 0 Å². The fraction of sp³-hybridized carbons (Fsp3) is 0.417. The summed E-state index contributed by atoms with van der Waals surface area (Å²) in [7, 11) is 0. The first-order valence-electron chi connectivity index (χ1n) is 5.33. The zero-order valence-electron chi connectivity index (χ0n) is 8.86. The number of rotatable bonds is 3. The van der Waals surface area contributed by atoms with Crippen molar-refractivity contribution in [2.75, 3.05) is 6.54 Å². The lowest BCUT2D eigenvalue weighted by atomic mass is 9.97. The molecule has 0 bridgehead atoms. The van der Waals surface area contributed by atoms with Crippen LogP contribution in [-0.4, -0.2) is 18.6 Å². The monoisotopic (exact) mass is 204 g/mol. The SMILES string of the molecule is C[C@@H](C[C@@H]1NCC(=O)N1)c1ccccc1. The van der Waals surface area contributed by atoms with Gasteiger partial charge in [-0.25, -0.2) is 0 Å². The molecule has 0 unspecified atom stereocenters. The largest absolute Gasteiger partial charge is 0.340 e. The Bertz CT molecular complexity index is 337. The molecule has 80 valence electrons. The molecule has 0 radical (unpaired) electrons. The summed E-state index contributed by atoms with van der Waals surface area (Å²) >= 11 is 0. The van der Waals surface area contributed by atoms with Crippen LogP contribution in [-0.2, 0) is 4.79 Å². The molecule has 0 aromatic heterocycles. The average Bonchev–Trinajstić information content (AvgIpc) is 2.65. The molecular weight excluding hydrogens is 188 g/mol. The van der Waals surface area contributed by atoms with Crippen molar-refractivity contribution in [1.29, 1.82) is 0 Å². The van der Waals surface area contributed by atoms with Gasteiger partial charge in [-0.05, 0) is 17.9 Å². The smallest absolute Gasteiger partial charge is 0.235 e. The van der Waals surface area contributed by atoms with Gasteiger partial charge in [0.05, 0.1) is 12.7 Å². The Morgan fingerprint density at radius 3 is 2.73 bits per heavy atom. The number of nitrogens with one attached hydrogen (secondary N) is 2. The Hall–Kier alpha value is -1.35. The molecule has 0 spiro atoms. The number of amides is 1. The highest BCUT2D eigenvalue weighted by atomic mass is 16.2. The Balaban J connectivity index is 1.92. The first kappa shape index (κ1) is 10.2. The molecule has 1 heterocycles. The fourth-order valence-corrected chi connectivity index (χ4v) is 1.93. The van der Waals surface area contributed by atoms with Gasteiger partial charge in [-0.2, -0.15) is 0 Å². The highest BCUT2D eigenvalue weighted by Crippen LogP contribution is 2.19. The molecule has 2 atom stereocenters. The van der Waals surface area contributed by atoms with E-state index in [1.807, 2.05) is 18.2 Å². The third-order valence-electron chi connectivity index (χ3n) is 2.80. The minimum Gasteiger partial charge on any atom is -0.340 e. The second-order valence-corrected chi connectivity index (χ2v) is 4.05. The summed E-state index contributed by atoms with van der Waals surface area (Å²) in [6, 6.07) is 10.4. The van der Waals surface area contributed by atoms with Gasteiger partial charge in [0.25, 0.3) is 0 Å². The molecule has 15 heavy (non-hydrogen) atoms. The first-order valence-corrected chi connectivity index (χ1v) is 5.33. The number of hydrogen-bond acceptors (Lipinski definition) is 2. The molecule has 2 rings (SSSR count). The molecular formula is C12H16N2O. The third-order valence-corrected chi connectivity index (χ3v) is 2.80. The van der Waals surface area contributed by atoms with Gasteiger partial charge in [0.1, 0.15) is 0 Å². The zero-order valence-corrected chi connectivity index (χ0v) is 8.86. The van der Waals surface area contributed by atoms with E-state index in [1.165, 1.54) is 5.56 Å². The molecule has 3 nitrogen and oxygen atoms in total. The Morgan fingerprint density at radius 1 is 1.40 bits per heavy atom. The van der Waals surface area contributed by atoms with Gasteiger partial charge in [0, 0.05) is 0 Å². The van der Waals surface area contributed by atoms with E-state index in [-0.39, 0.29) is 12.1 Å². The van der Waals surface area contributed by atoms with Crippen molar-refractivity contribution in [3.63, 3.8) is 0 Å². The highest BCUT2D eigenvalue weighted by Gasteiger charge is 2.21. The van der Waals surface area contributed by atoms with Gasteiger partial charge in [0.15, 0.2) is 0 Å². The molecule has 1 aliphatic heterocycles. The minimum absolute atomic E-state index is 0.0975. The van der Waals surface area contributed by atoms with Crippen LogP contribution in [0.25, 0.3) is 0 Å². The molecule has 1 aromatic carbocycles. The lowest BCUT2D eigenvalue weighted by molar-refractivity contribution is -0.118. The van der Waals surface area contributed by atoms with E-state index in [1.54, 1.807) is 0 Å². The third kappa shape index (κ3) is 2.57. The van der Waals surface area contributed by atoms with Crippen LogP contribution in [0.2, 0.25) is 0 Å². The van der Waals surface area contributed by atoms with Crippen LogP contribution in [0.15, 0.2) is 30.3 Å². The number of hydrogen-bond donors (Lipinski definition) is 2. The lowest BCUT2D eigenvalue weighted by Gasteiger charge is -2.16. The van der Waals surface area contributed by atoms with Crippen molar-refractivity contribution in [1.82, 2.24) is 10.6 Å². The van der Waals surface area contributed by atoms with Crippen molar-refractivity contribution in [2.45, 2.75) is 25.4 Å². The molecule has 0 saturated carbocycles. The maximum absolute atomic E-state index is 11.0. The normalized spacial score (nSPS) is 22.5. The van der Waals surface area contributed by atoms with Crippen molar-refractivity contribution in [3.05, 3.63) is 35.9 Å². The van der Waals surface area contributed by atoms with Crippen LogP contribution in [0.5, 0.6) is 0 Å². The van der Waals surface area contributed by atoms with Crippen LogP contribution in [0.1, 0.15) is 24.8 Å². The topological polar surface area (TPSA) is 41.1 Å². The summed E-state index contributed by atoms with van der Waals surface area (Å²) in [5.41, 5.74) is 1.32. The van der Waals surface area contributed by atoms with Crippen molar-refractivity contribution in [3.8, 4) is 0 Å². The molecule has 1 fully saturated rings. The Labute approximate surface area is 89.9 Å². The summed E-state index contributed by atoms with van der Waals surface area (Å²) in [6.45, 7) is 2.63. The second kappa shape index (κ2) is 4.45. The summed E-state index contributed by atoms with van der Waals surface area (Å²) in [5.74, 6) is 0.558. The van der Waals surface area contributed by atoms with Crippen molar-refractivity contribution >= 4 is 5.91 Å².